The van der Waals surface area contributed by atoms with Crippen molar-refractivity contribution in [1.29, 1.82) is 0 Å². The molecule has 2 N–H and O–H groups in total. The molecular formula is C24H25N3O2S. The average molecular weight is 420 g/mol. The molecule has 5 nitrogen and oxygen atoms in total. The van der Waals surface area contributed by atoms with Crippen molar-refractivity contribution in [3.8, 4) is 11.5 Å². The van der Waals surface area contributed by atoms with Gasteiger partial charge in [0.1, 0.15) is 6.61 Å². The summed E-state index contributed by atoms with van der Waals surface area (Å²) < 4.78 is 11.3. The Balaban J connectivity index is 1.47. The lowest BCUT2D eigenvalue weighted by Crippen LogP contribution is -2.33. The summed E-state index contributed by atoms with van der Waals surface area (Å²) >= 11 is 5.25. The average Bonchev–Trinajstić information content (AvgIpc) is 2.79. The molecule has 0 saturated heterocycles. The van der Waals surface area contributed by atoms with Crippen LogP contribution >= 0.6 is 12.2 Å². The molecule has 0 unspecified atom stereocenters. The first-order valence-electron chi connectivity index (χ1n) is 9.70. The fraction of sp³-hybridized carbons (Fsp3) is 0.167. The first kappa shape index (κ1) is 21.3. The Labute approximate surface area is 182 Å². The lowest BCUT2D eigenvalue weighted by molar-refractivity contribution is 0.284. The third-order valence-electron chi connectivity index (χ3n) is 4.35. The van der Waals surface area contributed by atoms with E-state index in [-0.39, 0.29) is 0 Å². The monoisotopic (exact) mass is 419 g/mol. The van der Waals surface area contributed by atoms with Crippen molar-refractivity contribution in [3.63, 3.8) is 0 Å². The molecule has 3 aromatic rings. The summed E-state index contributed by atoms with van der Waals surface area (Å²) in [5.41, 5.74) is 6.07. The van der Waals surface area contributed by atoms with Gasteiger partial charge in [0.25, 0.3) is 0 Å². The molecule has 0 radical (unpaired) electrons. The Bertz CT molecular complexity index is 963. The number of hydrogen-bond acceptors (Lipinski definition) is 4. The molecule has 30 heavy (non-hydrogen) atoms. The molecule has 154 valence electrons. The SMILES string of the molecule is COc1cc(C=NNC(=S)NCCc2ccccc2)ccc1OCc1ccccc1. The molecule has 0 atom stereocenters. The van der Waals surface area contributed by atoms with Crippen LogP contribution in [-0.2, 0) is 13.0 Å². The second kappa shape index (κ2) is 11.6. The number of benzene rings is 3. The van der Waals surface area contributed by atoms with Crippen LogP contribution in [0.25, 0.3) is 0 Å². The third-order valence-corrected chi connectivity index (χ3v) is 4.58. The van der Waals surface area contributed by atoms with Gasteiger partial charge in [-0.2, -0.15) is 5.10 Å². The lowest BCUT2D eigenvalue weighted by Gasteiger charge is -2.11. The minimum Gasteiger partial charge on any atom is -0.493 e. The summed E-state index contributed by atoms with van der Waals surface area (Å²) in [7, 11) is 1.62. The Morgan fingerprint density at radius 1 is 0.933 bits per heavy atom. The van der Waals surface area contributed by atoms with E-state index in [1.54, 1.807) is 13.3 Å². The van der Waals surface area contributed by atoms with Gasteiger partial charge in [0.05, 0.1) is 13.3 Å². The molecule has 0 heterocycles. The number of hydrazone groups is 1. The van der Waals surface area contributed by atoms with Gasteiger partial charge in [-0.05, 0) is 53.5 Å². The van der Waals surface area contributed by atoms with E-state index in [9.17, 15) is 0 Å². The number of nitrogens with one attached hydrogen (secondary N) is 2. The fourth-order valence-electron chi connectivity index (χ4n) is 2.79. The maximum atomic E-state index is 5.88. The molecule has 6 heteroatoms. The highest BCUT2D eigenvalue weighted by Crippen LogP contribution is 2.28. The normalized spacial score (nSPS) is 10.6. The Morgan fingerprint density at radius 2 is 1.63 bits per heavy atom. The van der Waals surface area contributed by atoms with Crippen LogP contribution in [0.5, 0.6) is 11.5 Å². The van der Waals surface area contributed by atoms with Gasteiger partial charge in [0, 0.05) is 6.54 Å². The van der Waals surface area contributed by atoms with E-state index in [0.717, 1.165) is 24.1 Å². The minimum absolute atomic E-state index is 0.481. The van der Waals surface area contributed by atoms with Gasteiger partial charge in [0.2, 0.25) is 0 Å². The third kappa shape index (κ3) is 6.90. The van der Waals surface area contributed by atoms with Crippen LogP contribution in [0.2, 0.25) is 0 Å². The number of nitrogens with zero attached hydrogens (tertiary/aromatic N) is 1. The molecule has 0 aliphatic rings. The smallest absolute Gasteiger partial charge is 0.186 e. The highest BCUT2D eigenvalue weighted by molar-refractivity contribution is 7.80. The van der Waals surface area contributed by atoms with E-state index in [2.05, 4.69) is 28.0 Å². The summed E-state index contributed by atoms with van der Waals surface area (Å²) in [5.74, 6) is 1.34. The van der Waals surface area contributed by atoms with Crippen molar-refractivity contribution in [3.05, 3.63) is 95.6 Å². The highest BCUT2D eigenvalue weighted by atomic mass is 32.1. The number of ether oxygens (including phenoxy) is 2. The van der Waals surface area contributed by atoms with Crippen molar-refractivity contribution < 1.29 is 9.47 Å². The van der Waals surface area contributed by atoms with Gasteiger partial charge in [-0.15, -0.1) is 0 Å². The van der Waals surface area contributed by atoms with E-state index in [0.29, 0.717) is 23.2 Å². The van der Waals surface area contributed by atoms with Gasteiger partial charge in [-0.3, -0.25) is 5.43 Å². The van der Waals surface area contributed by atoms with Gasteiger partial charge in [-0.1, -0.05) is 60.7 Å². The predicted molar refractivity (Wildman–Crippen MR) is 125 cm³/mol. The Kier molecular flexibility index (Phi) is 8.23. The maximum absolute atomic E-state index is 5.88. The van der Waals surface area contributed by atoms with Crippen molar-refractivity contribution in [2.24, 2.45) is 5.10 Å². The van der Waals surface area contributed by atoms with Gasteiger partial charge >= 0.3 is 0 Å². The molecule has 3 rings (SSSR count). The Hall–Kier alpha value is -3.38. The second-order valence-corrected chi connectivity index (χ2v) is 6.95. The van der Waals surface area contributed by atoms with Gasteiger partial charge in [-0.25, -0.2) is 0 Å². The van der Waals surface area contributed by atoms with Gasteiger partial charge < -0.3 is 14.8 Å². The molecule has 0 spiro atoms. The lowest BCUT2D eigenvalue weighted by atomic mass is 10.1. The molecule has 0 aliphatic heterocycles. The predicted octanol–water partition coefficient (Wildman–Crippen LogP) is 4.31. The molecule has 3 aromatic carbocycles. The van der Waals surface area contributed by atoms with Crippen molar-refractivity contribution in [2.75, 3.05) is 13.7 Å². The summed E-state index contributed by atoms with van der Waals surface area (Å²) in [6, 6.07) is 25.9. The molecule has 0 fully saturated rings. The van der Waals surface area contributed by atoms with Crippen LogP contribution in [0, 0.1) is 0 Å². The topological polar surface area (TPSA) is 54.9 Å². The highest BCUT2D eigenvalue weighted by Gasteiger charge is 2.05. The first-order valence-corrected chi connectivity index (χ1v) is 10.1. The maximum Gasteiger partial charge on any atom is 0.186 e. The van der Waals surface area contributed by atoms with Crippen LogP contribution in [0.3, 0.4) is 0 Å². The van der Waals surface area contributed by atoms with Crippen molar-refractivity contribution in [2.45, 2.75) is 13.0 Å². The fourth-order valence-corrected chi connectivity index (χ4v) is 2.94. The molecule has 0 bridgehead atoms. The van der Waals surface area contributed by atoms with E-state index in [1.165, 1.54) is 5.56 Å². The van der Waals surface area contributed by atoms with Crippen LogP contribution in [0.15, 0.2) is 84.0 Å². The molecule has 0 aromatic heterocycles. The molecule has 0 amide bonds. The van der Waals surface area contributed by atoms with Crippen LogP contribution in [-0.4, -0.2) is 25.0 Å². The summed E-state index contributed by atoms with van der Waals surface area (Å²) in [6.45, 7) is 1.22. The van der Waals surface area contributed by atoms with E-state index >= 15 is 0 Å². The quantitative estimate of drug-likeness (QED) is 0.307. The largest absolute Gasteiger partial charge is 0.493 e. The second-order valence-electron chi connectivity index (χ2n) is 6.55. The molecular weight excluding hydrogens is 394 g/mol. The number of rotatable bonds is 9. The van der Waals surface area contributed by atoms with Crippen molar-refractivity contribution in [1.82, 2.24) is 10.7 Å². The zero-order valence-corrected chi connectivity index (χ0v) is 17.7. The zero-order chi connectivity index (χ0) is 21.0. The van der Waals surface area contributed by atoms with Crippen molar-refractivity contribution >= 4 is 23.5 Å². The van der Waals surface area contributed by atoms with E-state index in [1.807, 2.05) is 66.7 Å². The van der Waals surface area contributed by atoms with Crippen LogP contribution < -0.4 is 20.2 Å². The van der Waals surface area contributed by atoms with Crippen LogP contribution in [0.1, 0.15) is 16.7 Å². The molecule has 0 saturated carbocycles. The zero-order valence-electron chi connectivity index (χ0n) is 16.9. The Morgan fingerprint density at radius 3 is 2.33 bits per heavy atom. The van der Waals surface area contributed by atoms with Gasteiger partial charge in [0.15, 0.2) is 16.6 Å². The summed E-state index contributed by atoms with van der Waals surface area (Å²) in [4.78, 5) is 0. The standard InChI is InChI=1S/C24H25N3O2S/c1-28-23-16-21(12-13-22(23)29-18-20-10-6-3-7-11-20)17-26-27-24(30)25-15-14-19-8-4-2-5-9-19/h2-13,16-17H,14-15,18H2,1H3,(H2,25,27,30). The number of thiocarbonyl (C=S) groups is 1. The molecule has 0 aliphatic carbocycles. The summed E-state index contributed by atoms with van der Waals surface area (Å²) in [6.07, 6.45) is 2.59. The van der Waals surface area contributed by atoms with Crippen LogP contribution in [0.4, 0.5) is 0 Å². The first-order chi connectivity index (χ1) is 14.7. The summed E-state index contributed by atoms with van der Waals surface area (Å²) in [5, 5.41) is 7.82. The number of methoxy groups -OCH3 is 1. The van der Waals surface area contributed by atoms with E-state index < -0.39 is 0 Å². The number of hydrogen-bond donors (Lipinski definition) is 2. The van der Waals surface area contributed by atoms with E-state index in [4.69, 9.17) is 21.7 Å². The minimum atomic E-state index is 0.481.